The minimum Gasteiger partial charge on any atom is -0.484 e. The monoisotopic (exact) mass is 408 g/mol. The number of rotatable bonds is 10. The molecule has 0 saturated carbocycles. The lowest BCUT2D eigenvalue weighted by atomic mass is 10.0. The van der Waals surface area contributed by atoms with Gasteiger partial charge in [-0.3, -0.25) is 9.59 Å². The fourth-order valence-corrected chi connectivity index (χ4v) is 2.82. The summed E-state index contributed by atoms with van der Waals surface area (Å²) in [5.41, 5.74) is 5.12. The molecule has 0 fully saturated rings. The van der Waals surface area contributed by atoms with E-state index in [0.717, 1.165) is 11.1 Å². The molecule has 2 rings (SSSR count). The van der Waals surface area contributed by atoms with E-state index in [1.807, 2.05) is 44.2 Å². The lowest BCUT2D eigenvalue weighted by Crippen LogP contribution is -2.29. The van der Waals surface area contributed by atoms with Crippen LogP contribution in [0.1, 0.15) is 54.9 Å². The Morgan fingerprint density at radius 3 is 2.30 bits per heavy atom. The van der Waals surface area contributed by atoms with Gasteiger partial charge in [0.1, 0.15) is 5.75 Å². The smallest absolute Gasteiger partial charge is 0.262 e. The SMILES string of the molecule is C=C(CCC(=O)NCc1ccc(C(C)C)cc1)NC(=O)COc1ccc(C)c(C)c1. The Kier molecular flexibility index (Phi) is 8.66. The third kappa shape index (κ3) is 7.74. The van der Waals surface area contributed by atoms with Crippen molar-refractivity contribution in [3.05, 3.63) is 77.0 Å². The molecule has 2 amide bonds. The molecular weight excluding hydrogens is 376 g/mol. The predicted octanol–water partition coefficient (Wildman–Crippen LogP) is 4.53. The summed E-state index contributed by atoms with van der Waals surface area (Å²) in [5, 5.41) is 5.58. The van der Waals surface area contributed by atoms with Crippen molar-refractivity contribution in [2.75, 3.05) is 6.61 Å². The number of benzene rings is 2. The Morgan fingerprint density at radius 1 is 0.967 bits per heavy atom. The molecule has 2 aromatic carbocycles. The van der Waals surface area contributed by atoms with Gasteiger partial charge < -0.3 is 15.4 Å². The first-order valence-electron chi connectivity index (χ1n) is 10.3. The second kappa shape index (κ2) is 11.2. The average molecular weight is 409 g/mol. The van der Waals surface area contributed by atoms with Gasteiger partial charge in [-0.1, -0.05) is 50.8 Å². The van der Waals surface area contributed by atoms with Crippen molar-refractivity contribution in [2.24, 2.45) is 0 Å². The van der Waals surface area contributed by atoms with Gasteiger partial charge >= 0.3 is 0 Å². The van der Waals surface area contributed by atoms with Gasteiger partial charge in [0.05, 0.1) is 0 Å². The van der Waals surface area contributed by atoms with Crippen LogP contribution >= 0.6 is 0 Å². The quantitative estimate of drug-likeness (QED) is 0.607. The molecule has 0 aliphatic heterocycles. The van der Waals surface area contributed by atoms with Gasteiger partial charge in [-0.25, -0.2) is 0 Å². The molecular formula is C25H32N2O3. The highest BCUT2D eigenvalue weighted by atomic mass is 16.5. The largest absolute Gasteiger partial charge is 0.484 e. The topological polar surface area (TPSA) is 67.4 Å². The molecule has 5 heteroatoms. The second-order valence-electron chi connectivity index (χ2n) is 7.86. The lowest BCUT2D eigenvalue weighted by molar-refractivity contribution is -0.123. The molecule has 0 atom stereocenters. The fraction of sp³-hybridized carbons (Fsp3) is 0.360. The van der Waals surface area contributed by atoms with Crippen LogP contribution in [0.3, 0.4) is 0 Å². The minimum atomic E-state index is -0.288. The first kappa shape index (κ1) is 23.2. The third-order valence-corrected chi connectivity index (χ3v) is 4.95. The zero-order chi connectivity index (χ0) is 22.1. The molecule has 0 aromatic heterocycles. The Balaban J connectivity index is 1.65. The number of carbonyl (C=O) groups is 2. The fourth-order valence-electron chi connectivity index (χ4n) is 2.82. The second-order valence-corrected chi connectivity index (χ2v) is 7.86. The van der Waals surface area contributed by atoms with Crippen molar-refractivity contribution >= 4 is 11.8 Å². The zero-order valence-corrected chi connectivity index (χ0v) is 18.4. The number of hydrogen-bond donors (Lipinski definition) is 2. The maximum atomic E-state index is 12.1. The first-order valence-corrected chi connectivity index (χ1v) is 10.3. The normalized spacial score (nSPS) is 10.6. The highest BCUT2D eigenvalue weighted by molar-refractivity contribution is 5.80. The summed E-state index contributed by atoms with van der Waals surface area (Å²) in [4.78, 5) is 24.1. The molecule has 30 heavy (non-hydrogen) atoms. The van der Waals surface area contributed by atoms with Crippen LogP contribution < -0.4 is 15.4 Å². The van der Waals surface area contributed by atoms with Gasteiger partial charge in [-0.15, -0.1) is 0 Å². The maximum absolute atomic E-state index is 12.1. The molecule has 5 nitrogen and oxygen atoms in total. The number of hydrogen-bond acceptors (Lipinski definition) is 3. The number of ether oxygens (including phenoxy) is 1. The van der Waals surface area contributed by atoms with Crippen molar-refractivity contribution < 1.29 is 14.3 Å². The van der Waals surface area contributed by atoms with Crippen LogP contribution in [0.15, 0.2) is 54.7 Å². The van der Waals surface area contributed by atoms with Gasteiger partial charge in [-0.2, -0.15) is 0 Å². The van der Waals surface area contributed by atoms with Crippen LogP contribution in [0.4, 0.5) is 0 Å². The predicted molar refractivity (Wildman–Crippen MR) is 120 cm³/mol. The van der Waals surface area contributed by atoms with E-state index in [-0.39, 0.29) is 24.8 Å². The van der Waals surface area contributed by atoms with Crippen molar-refractivity contribution in [3.63, 3.8) is 0 Å². The molecule has 0 aliphatic rings. The van der Waals surface area contributed by atoms with Crippen LogP contribution in [0.2, 0.25) is 0 Å². The Labute approximate surface area is 179 Å². The van der Waals surface area contributed by atoms with E-state index in [1.54, 1.807) is 0 Å². The summed E-state index contributed by atoms with van der Waals surface area (Å²) in [6.45, 7) is 12.5. The van der Waals surface area contributed by atoms with Gasteiger partial charge in [0.15, 0.2) is 6.61 Å². The van der Waals surface area contributed by atoms with Gasteiger partial charge in [-0.05, 0) is 60.6 Å². The standard InChI is InChI=1S/C25H32N2O3/c1-17(2)22-10-8-21(9-11-22)15-26-24(28)13-7-20(5)27-25(29)16-30-23-12-6-18(3)19(4)14-23/h6,8-12,14,17H,5,7,13,15-16H2,1-4H3,(H,26,28)(H,27,29). The first-order chi connectivity index (χ1) is 14.2. The van der Waals surface area contributed by atoms with Crippen LogP contribution in [0.5, 0.6) is 5.75 Å². The molecule has 2 aromatic rings. The molecule has 0 unspecified atom stereocenters. The highest BCUT2D eigenvalue weighted by Gasteiger charge is 2.08. The van der Waals surface area contributed by atoms with Crippen molar-refractivity contribution in [1.29, 1.82) is 0 Å². The van der Waals surface area contributed by atoms with Gasteiger partial charge in [0.25, 0.3) is 5.91 Å². The van der Waals surface area contributed by atoms with Crippen molar-refractivity contribution in [3.8, 4) is 5.75 Å². The van der Waals surface area contributed by atoms with E-state index in [0.29, 0.717) is 30.3 Å². The highest BCUT2D eigenvalue weighted by Crippen LogP contribution is 2.16. The molecule has 160 valence electrons. The zero-order valence-electron chi connectivity index (χ0n) is 18.4. The number of nitrogens with one attached hydrogen (secondary N) is 2. The average Bonchev–Trinajstić information content (AvgIpc) is 2.72. The van der Waals surface area contributed by atoms with E-state index in [4.69, 9.17) is 4.74 Å². The summed E-state index contributed by atoms with van der Waals surface area (Å²) < 4.78 is 5.51. The summed E-state index contributed by atoms with van der Waals surface area (Å²) in [6, 6.07) is 13.9. The number of aryl methyl sites for hydroxylation is 2. The molecule has 0 radical (unpaired) electrons. The van der Waals surface area contributed by atoms with E-state index in [9.17, 15) is 9.59 Å². The summed E-state index contributed by atoms with van der Waals surface area (Å²) >= 11 is 0. The molecule has 2 N–H and O–H groups in total. The Morgan fingerprint density at radius 2 is 1.67 bits per heavy atom. The van der Waals surface area contributed by atoms with Gasteiger partial charge in [0.2, 0.25) is 5.91 Å². The van der Waals surface area contributed by atoms with Crippen LogP contribution in [-0.4, -0.2) is 18.4 Å². The van der Waals surface area contributed by atoms with Gasteiger partial charge in [0, 0.05) is 18.7 Å². The van der Waals surface area contributed by atoms with Crippen LogP contribution in [0, 0.1) is 13.8 Å². The maximum Gasteiger partial charge on any atom is 0.262 e. The summed E-state index contributed by atoms with van der Waals surface area (Å²) in [5.74, 6) is 0.773. The molecule has 0 heterocycles. The number of allylic oxidation sites excluding steroid dienone is 1. The number of carbonyl (C=O) groups excluding carboxylic acids is 2. The van der Waals surface area contributed by atoms with E-state index >= 15 is 0 Å². The number of amides is 2. The minimum absolute atomic E-state index is 0.0790. The van der Waals surface area contributed by atoms with Crippen molar-refractivity contribution in [2.45, 2.75) is 53.0 Å². The van der Waals surface area contributed by atoms with Crippen LogP contribution in [-0.2, 0) is 16.1 Å². The summed E-state index contributed by atoms with van der Waals surface area (Å²) in [7, 11) is 0. The van der Waals surface area contributed by atoms with Crippen molar-refractivity contribution in [1.82, 2.24) is 10.6 Å². The van der Waals surface area contributed by atoms with E-state index in [1.165, 1.54) is 11.1 Å². The van der Waals surface area contributed by atoms with Crippen LogP contribution in [0.25, 0.3) is 0 Å². The Bertz CT molecular complexity index is 886. The molecule has 0 saturated heterocycles. The third-order valence-electron chi connectivity index (χ3n) is 4.95. The molecule has 0 spiro atoms. The molecule has 0 bridgehead atoms. The molecule has 0 aliphatic carbocycles. The summed E-state index contributed by atoms with van der Waals surface area (Å²) in [6.07, 6.45) is 0.648. The van der Waals surface area contributed by atoms with E-state index in [2.05, 4.69) is 43.2 Å². The van der Waals surface area contributed by atoms with E-state index < -0.39 is 0 Å². The lowest BCUT2D eigenvalue weighted by Gasteiger charge is -2.11. The Hall–Kier alpha value is -3.08.